The summed E-state index contributed by atoms with van der Waals surface area (Å²) in [6.45, 7) is 4.38. The van der Waals surface area contributed by atoms with Crippen molar-refractivity contribution in [2.24, 2.45) is 0 Å². The Bertz CT molecular complexity index is 854. The van der Waals surface area contributed by atoms with Crippen molar-refractivity contribution in [2.45, 2.75) is 5.75 Å². The topological polar surface area (TPSA) is 52.7 Å². The number of hydrogen-bond donors (Lipinski definition) is 1. The van der Waals surface area contributed by atoms with Gasteiger partial charge in [0, 0.05) is 50.0 Å². The lowest BCUT2D eigenvalue weighted by molar-refractivity contribution is 0.262. The van der Waals surface area contributed by atoms with Crippen LogP contribution in [0.1, 0.15) is 5.56 Å². The zero-order chi connectivity index (χ0) is 19.3. The fourth-order valence-corrected chi connectivity index (χ4v) is 4.47. The van der Waals surface area contributed by atoms with Gasteiger partial charge in [0.1, 0.15) is 5.82 Å². The van der Waals surface area contributed by atoms with Crippen molar-refractivity contribution in [1.29, 1.82) is 0 Å². The lowest BCUT2D eigenvalue weighted by Gasteiger charge is -2.36. The van der Waals surface area contributed by atoms with E-state index in [1.807, 2.05) is 0 Å². The van der Waals surface area contributed by atoms with Gasteiger partial charge in [0.05, 0.1) is 5.75 Å². The van der Waals surface area contributed by atoms with Crippen LogP contribution in [-0.4, -0.2) is 52.6 Å². The number of benzene rings is 2. The zero-order valence-electron chi connectivity index (χ0n) is 14.9. The fourth-order valence-electron chi connectivity index (χ4n) is 3.14. The average molecular weight is 412 g/mol. The summed E-state index contributed by atoms with van der Waals surface area (Å²) in [4.78, 5) is 4.43. The maximum atomic E-state index is 13.0. The number of nitrogens with one attached hydrogen (secondary N) is 1. The first-order valence-electron chi connectivity index (χ1n) is 8.86. The molecule has 0 saturated carbocycles. The first kappa shape index (κ1) is 20.1. The van der Waals surface area contributed by atoms with Gasteiger partial charge in [0.15, 0.2) is 0 Å². The Kier molecular flexibility index (Phi) is 6.70. The van der Waals surface area contributed by atoms with Crippen LogP contribution in [0.15, 0.2) is 48.5 Å². The van der Waals surface area contributed by atoms with E-state index in [1.54, 1.807) is 36.4 Å². The number of hydrogen-bond acceptors (Lipinski definition) is 4. The number of halogens is 2. The summed E-state index contributed by atoms with van der Waals surface area (Å²) in [6, 6.07) is 13.4. The van der Waals surface area contributed by atoms with Gasteiger partial charge in [-0.25, -0.2) is 17.5 Å². The molecule has 2 aromatic rings. The molecule has 3 rings (SSSR count). The van der Waals surface area contributed by atoms with E-state index in [-0.39, 0.29) is 11.6 Å². The Balaban J connectivity index is 1.41. The molecule has 1 aliphatic heterocycles. The Labute approximate surface area is 164 Å². The van der Waals surface area contributed by atoms with Crippen LogP contribution in [-0.2, 0) is 15.8 Å². The van der Waals surface area contributed by atoms with Gasteiger partial charge in [-0.15, -0.1) is 0 Å². The lowest BCUT2D eigenvalue weighted by Crippen LogP contribution is -2.48. The van der Waals surface area contributed by atoms with E-state index in [0.717, 1.165) is 31.9 Å². The average Bonchev–Trinajstić information content (AvgIpc) is 2.62. The maximum absolute atomic E-state index is 13.0. The highest BCUT2D eigenvalue weighted by Crippen LogP contribution is 2.17. The van der Waals surface area contributed by atoms with E-state index >= 15 is 0 Å². The maximum Gasteiger partial charge on any atom is 0.215 e. The lowest BCUT2D eigenvalue weighted by atomic mass is 10.2. The molecule has 0 amide bonds. The van der Waals surface area contributed by atoms with Gasteiger partial charge in [0.25, 0.3) is 0 Å². The molecule has 146 valence electrons. The van der Waals surface area contributed by atoms with Crippen LogP contribution in [0.2, 0.25) is 5.02 Å². The highest BCUT2D eigenvalue weighted by atomic mass is 35.5. The SMILES string of the molecule is O=S(=O)(Cc1cccc(Cl)c1)NCCN1CCN(c2ccc(F)cc2)CC1. The smallest absolute Gasteiger partial charge is 0.215 e. The number of sulfonamides is 1. The summed E-state index contributed by atoms with van der Waals surface area (Å²) in [5, 5.41) is 0.529. The molecule has 1 aliphatic rings. The van der Waals surface area contributed by atoms with Crippen molar-refractivity contribution in [1.82, 2.24) is 9.62 Å². The molecule has 2 aromatic carbocycles. The normalized spacial score (nSPS) is 15.9. The molecule has 0 aliphatic carbocycles. The predicted molar refractivity (Wildman–Crippen MR) is 107 cm³/mol. The van der Waals surface area contributed by atoms with Crippen molar-refractivity contribution in [3.8, 4) is 0 Å². The largest absolute Gasteiger partial charge is 0.369 e. The van der Waals surface area contributed by atoms with E-state index in [9.17, 15) is 12.8 Å². The molecule has 0 radical (unpaired) electrons. The summed E-state index contributed by atoms with van der Waals surface area (Å²) in [5.41, 5.74) is 1.68. The molecule has 1 saturated heterocycles. The molecule has 0 unspecified atom stereocenters. The van der Waals surface area contributed by atoms with Crippen LogP contribution in [0, 0.1) is 5.82 Å². The van der Waals surface area contributed by atoms with Gasteiger partial charge in [-0.2, -0.15) is 0 Å². The van der Waals surface area contributed by atoms with Gasteiger partial charge in [-0.05, 0) is 42.0 Å². The highest BCUT2D eigenvalue weighted by molar-refractivity contribution is 7.88. The summed E-state index contributed by atoms with van der Waals surface area (Å²) < 4.78 is 40.1. The first-order chi connectivity index (χ1) is 12.9. The van der Waals surface area contributed by atoms with E-state index < -0.39 is 10.0 Å². The van der Waals surface area contributed by atoms with Crippen molar-refractivity contribution in [3.63, 3.8) is 0 Å². The molecule has 5 nitrogen and oxygen atoms in total. The van der Waals surface area contributed by atoms with Crippen molar-refractivity contribution in [3.05, 3.63) is 64.9 Å². The molecular formula is C19H23ClFN3O2S. The van der Waals surface area contributed by atoms with E-state index in [4.69, 9.17) is 11.6 Å². The van der Waals surface area contributed by atoms with Crippen LogP contribution in [0.5, 0.6) is 0 Å². The number of rotatable bonds is 7. The van der Waals surface area contributed by atoms with Crippen LogP contribution in [0.4, 0.5) is 10.1 Å². The van der Waals surface area contributed by atoms with Crippen molar-refractivity contribution >= 4 is 27.3 Å². The van der Waals surface area contributed by atoms with Crippen molar-refractivity contribution in [2.75, 3.05) is 44.2 Å². The number of anilines is 1. The third kappa shape index (κ3) is 6.17. The highest BCUT2D eigenvalue weighted by Gasteiger charge is 2.18. The molecule has 0 atom stereocenters. The Morgan fingerprint density at radius 3 is 2.41 bits per heavy atom. The third-order valence-electron chi connectivity index (χ3n) is 4.56. The van der Waals surface area contributed by atoms with E-state index in [0.29, 0.717) is 23.7 Å². The summed E-state index contributed by atoms with van der Waals surface area (Å²) in [5.74, 6) is -0.311. The zero-order valence-corrected chi connectivity index (χ0v) is 16.5. The molecule has 1 fully saturated rings. The molecule has 1 N–H and O–H groups in total. The Hall–Kier alpha value is -1.67. The molecule has 27 heavy (non-hydrogen) atoms. The molecule has 0 bridgehead atoms. The second-order valence-electron chi connectivity index (χ2n) is 6.59. The second kappa shape index (κ2) is 9.01. The minimum Gasteiger partial charge on any atom is -0.369 e. The Morgan fingerprint density at radius 1 is 1.04 bits per heavy atom. The summed E-state index contributed by atoms with van der Waals surface area (Å²) >= 11 is 5.90. The van der Waals surface area contributed by atoms with E-state index in [2.05, 4.69) is 14.5 Å². The van der Waals surface area contributed by atoms with Crippen LogP contribution >= 0.6 is 11.6 Å². The second-order valence-corrected chi connectivity index (χ2v) is 8.83. The van der Waals surface area contributed by atoms with Crippen molar-refractivity contribution < 1.29 is 12.8 Å². The predicted octanol–water partition coefficient (Wildman–Crippen LogP) is 2.72. The number of nitrogens with zero attached hydrogens (tertiary/aromatic N) is 2. The number of piperazine rings is 1. The fraction of sp³-hybridized carbons (Fsp3) is 0.368. The van der Waals surface area contributed by atoms with Crippen LogP contribution in [0.3, 0.4) is 0 Å². The quantitative estimate of drug-likeness (QED) is 0.761. The van der Waals surface area contributed by atoms with Gasteiger partial charge in [-0.3, -0.25) is 4.90 Å². The minimum atomic E-state index is -3.39. The van der Waals surface area contributed by atoms with E-state index in [1.165, 1.54) is 12.1 Å². The third-order valence-corrected chi connectivity index (χ3v) is 6.15. The first-order valence-corrected chi connectivity index (χ1v) is 10.9. The molecule has 0 aromatic heterocycles. The summed E-state index contributed by atoms with van der Waals surface area (Å²) in [7, 11) is -3.39. The molecular weight excluding hydrogens is 389 g/mol. The van der Waals surface area contributed by atoms with Gasteiger partial charge in [-0.1, -0.05) is 23.7 Å². The molecule has 8 heteroatoms. The minimum absolute atomic E-state index is 0.0775. The van der Waals surface area contributed by atoms with Crippen LogP contribution in [0.25, 0.3) is 0 Å². The van der Waals surface area contributed by atoms with Gasteiger partial charge in [0.2, 0.25) is 10.0 Å². The standard InChI is InChI=1S/C19H23ClFN3O2S/c20-17-3-1-2-16(14-17)15-27(25,26)22-8-9-23-10-12-24(13-11-23)19-6-4-18(21)5-7-19/h1-7,14,22H,8-13,15H2. The molecule has 1 heterocycles. The monoisotopic (exact) mass is 411 g/mol. The molecule has 0 spiro atoms. The van der Waals surface area contributed by atoms with Gasteiger partial charge >= 0.3 is 0 Å². The van der Waals surface area contributed by atoms with Crippen LogP contribution < -0.4 is 9.62 Å². The Morgan fingerprint density at radius 2 is 1.74 bits per heavy atom. The summed E-state index contributed by atoms with van der Waals surface area (Å²) in [6.07, 6.45) is 0. The van der Waals surface area contributed by atoms with Gasteiger partial charge < -0.3 is 4.90 Å².